The third kappa shape index (κ3) is 2.09. The van der Waals surface area contributed by atoms with Gasteiger partial charge in [-0.05, 0) is 32.1 Å². The van der Waals surface area contributed by atoms with Crippen LogP contribution in [0.2, 0.25) is 0 Å². The van der Waals surface area contributed by atoms with Gasteiger partial charge in [0.1, 0.15) is 6.10 Å². The van der Waals surface area contributed by atoms with Crippen molar-refractivity contribution in [2.75, 3.05) is 6.61 Å². The third-order valence-electron chi connectivity index (χ3n) is 5.17. The Balaban J connectivity index is 1.44. The lowest BCUT2D eigenvalue weighted by atomic mass is 9.82. The van der Waals surface area contributed by atoms with Crippen LogP contribution in [0.1, 0.15) is 57.8 Å². The summed E-state index contributed by atoms with van der Waals surface area (Å²) in [6.45, 7) is 0.684. The molecule has 4 heteroatoms. The van der Waals surface area contributed by atoms with Gasteiger partial charge in [0.25, 0.3) is 0 Å². The highest BCUT2D eigenvalue weighted by Gasteiger charge is 2.50. The fraction of sp³-hybridized carbons (Fsp3) is 0.933. The molecule has 4 nitrogen and oxygen atoms in total. The molecule has 19 heavy (non-hydrogen) atoms. The van der Waals surface area contributed by atoms with Gasteiger partial charge in [0, 0.05) is 18.8 Å². The molecule has 0 aromatic carbocycles. The van der Waals surface area contributed by atoms with E-state index in [1.54, 1.807) is 0 Å². The second-order valence-corrected chi connectivity index (χ2v) is 6.44. The summed E-state index contributed by atoms with van der Waals surface area (Å²) >= 11 is 0. The molecule has 1 spiro atoms. The number of hydrogen-bond donors (Lipinski definition) is 0. The Kier molecular flexibility index (Phi) is 3.03. The van der Waals surface area contributed by atoms with Crippen LogP contribution in [-0.4, -0.2) is 30.3 Å². The van der Waals surface area contributed by atoms with E-state index < -0.39 is 0 Å². The molecule has 2 aliphatic carbocycles. The van der Waals surface area contributed by atoms with Crippen LogP contribution in [0.25, 0.3) is 0 Å². The van der Waals surface area contributed by atoms with E-state index >= 15 is 0 Å². The number of fused-ring (bicyclic) bond motifs is 1. The maximum atomic E-state index is 6.30. The largest absolute Gasteiger partial charge is 0.389 e. The molecule has 0 bridgehead atoms. The summed E-state index contributed by atoms with van der Waals surface area (Å²) < 4.78 is 12.3. The predicted molar refractivity (Wildman–Crippen MR) is 70.9 cm³/mol. The Labute approximate surface area is 114 Å². The SMILES string of the molecule is C1CCC2(CC1)OC[C@H]([C@@H]1ON=C3CCCC[C@H]31)O2. The number of nitrogens with zero attached hydrogens (tertiary/aromatic N) is 1. The van der Waals surface area contributed by atoms with E-state index in [2.05, 4.69) is 5.16 Å². The fourth-order valence-corrected chi connectivity index (χ4v) is 4.11. The zero-order valence-corrected chi connectivity index (χ0v) is 11.5. The zero-order valence-electron chi connectivity index (χ0n) is 11.5. The molecular formula is C15H23NO3. The summed E-state index contributed by atoms with van der Waals surface area (Å²) in [6.07, 6.45) is 10.9. The van der Waals surface area contributed by atoms with Crippen LogP contribution in [0.15, 0.2) is 5.16 Å². The standard InChI is InChI=1S/C15H23NO3/c1-4-8-15(9-5-1)17-10-13(18-15)14-11-6-2-3-7-12(11)16-19-14/h11,13-14H,1-10H2/t11-,13-,14-/m1/s1. The second-order valence-electron chi connectivity index (χ2n) is 6.44. The Morgan fingerprint density at radius 1 is 1.05 bits per heavy atom. The van der Waals surface area contributed by atoms with Crippen molar-refractivity contribution in [3.63, 3.8) is 0 Å². The smallest absolute Gasteiger partial charge is 0.169 e. The molecule has 106 valence electrons. The molecule has 1 saturated heterocycles. The van der Waals surface area contributed by atoms with Crippen LogP contribution >= 0.6 is 0 Å². The van der Waals surface area contributed by atoms with Crippen molar-refractivity contribution >= 4 is 5.71 Å². The molecule has 3 atom stereocenters. The van der Waals surface area contributed by atoms with Crippen molar-refractivity contribution in [3.05, 3.63) is 0 Å². The minimum atomic E-state index is -0.288. The van der Waals surface area contributed by atoms with Crippen LogP contribution in [0.3, 0.4) is 0 Å². The van der Waals surface area contributed by atoms with Crippen LogP contribution in [0.4, 0.5) is 0 Å². The van der Waals surface area contributed by atoms with Gasteiger partial charge >= 0.3 is 0 Å². The molecule has 0 amide bonds. The first-order valence-corrected chi connectivity index (χ1v) is 7.91. The summed E-state index contributed by atoms with van der Waals surface area (Å²) in [7, 11) is 0. The second kappa shape index (κ2) is 4.74. The molecule has 4 rings (SSSR count). The number of ether oxygens (including phenoxy) is 2. The van der Waals surface area contributed by atoms with E-state index in [0.717, 1.165) is 19.3 Å². The summed E-state index contributed by atoms with van der Waals surface area (Å²) in [4.78, 5) is 5.70. The van der Waals surface area contributed by atoms with Gasteiger partial charge in [0.15, 0.2) is 11.9 Å². The van der Waals surface area contributed by atoms with Crippen LogP contribution in [0.5, 0.6) is 0 Å². The molecule has 0 aromatic heterocycles. The molecule has 2 saturated carbocycles. The lowest BCUT2D eigenvalue weighted by Gasteiger charge is -2.33. The minimum Gasteiger partial charge on any atom is -0.389 e. The molecule has 0 N–H and O–H groups in total. The molecule has 2 aliphatic heterocycles. The average Bonchev–Trinajstić information content (AvgIpc) is 3.04. The van der Waals surface area contributed by atoms with Gasteiger partial charge in [-0.15, -0.1) is 0 Å². The van der Waals surface area contributed by atoms with Crippen molar-refractivity contribution in [2.24, 2.45) is 11.1 Å². The van der Waals surface area contributed by atoms with Crippen molar-refractivity contribution in [3.8, 4) is 0 Å². The Morgan fingerprint density at radius 2 is 1.95 bits per heavy atom. The molecule has 0 aromatic rings. The average molecular weight is 265 g/mol. The summed E-state index contributed by atoms with van der Waals surface area (Å²) in [5, 5.41) is 4.30. The van der Waals surface area contributed by atoms with E-state index in [9.17, 15) is 0 Å². The lowest BCUT2D eigenvalue weighted by Crippen LogP contribution is -2.40. The third-order valence-corrected chi connectivity index (χ3v) is 5.17. The number of oxime groups is 1. The molecule has 4 aliphatic rings. The highest BCUT2D eigenvalue weighted by molar-refractivity contribution is 5.88. The van der Waals surface area contributed by atoms with Crippen molar-refractivity contribution in [1.82, 2.24) is 0 Å². The maximum Gasteiger partial charge on any atom is 0.169 e. The van der Waals surface area contributed by atoms with Gasteiger partial charge in [0.2, 0.25) is 0 Å². The highest BCUT2D eigenvalue weighted by Crippen LogP contribution is 2.42. The van der Waals surface area contributed by atoms with E-state index in [1.165, 1.54) is 44.2 Å². The quantitative estimate of drug-likeness (QED) is 0.731. The first-order valence-electron chi connectivity index (χ1n) is 7.91. The molecule has 3 fully saturated rings. The fourth-order valence-electron chi connectivity index (χ4n) is 4.11. The molecule has 0 radical (unpaired) electrons. The summed E-state index contributed by atoms with van der Waals surface area (Å²) in [6, 6.07) is 0. The highest BCUT2D eigenvalue weighted by atomic mass is 16.8. The van der Waals surface area contributed by atoms with Crippen molar-refractivity contribution < 1.29 is 14.3 Å². The van der Waals surface area contributed by atoms with E-state index in [-0.39, 0.29) is 18.0 Å². The van der Waals surface area contributed by atoms with Gasteiger partial charge in [-0.25, -0.2) is 0 Å². The van der Waals surface area contributed by atoms with Gasteiger partial charge in [-0.3, -0.25) is 0 Å². The minimum absolute atomic E-state index is 0.0856. The van der Waals surface area contributed by atoms with Gasteiger partial charge in [0.05, 0.1) is 12.3 Å². The van der Waals surface area contributed by atoms with E-state index in [4.69, 9.17) is 14.3 Å². The van der Waals surface area contributed by atoms with Gasteiger partial charge in [-0.2, -0.15) is 0 Å². The topological polar surface area (TPSA) is 40.0 Å². The summed E-state index contributed by atoms with van der Waals surface area (Å²) in [5.41, 5.74) is 1.27. The van der Waals surface area contributed by atoms with Crippen LogP contribution in [-0.2, 0) is 14.3 Å². The normalized spacial score (nSPS) is 40.8. The monoisotopic (exact) mass is 265 g/mol. The van der Waals surface area contributed by atoms with Crippen molar-refractivity contribution in [2.45, 2.75) is 75.8 Å². The maximum absolute atomic E-state index is 6.30. The van der Waals surface area contributed by atoms with E-state index in [0.29, 0.717) is 12.5 Å². The summed E-state index contributed by atoms with van der Waals surface area (Å²) in [5.74, 6) is 0.199. The predicted octanol–water partition coefficient (Wildman–Crippen LogP) is 3.01. The molecular weight excluding hydrogens is 242 g/mol. The Morgan fingerprint density at radius 3 is 2.84 bits per heavy atom. The molecule has 2 heterocycles. The molecule has 0 unspecified atom stereocenters. The number of hydrogen-bond acceptors (Lipinski definition) is 4. The first-order chi connectivity index (χ1) is 9.36. The zero-order chi connectivity index (χ0) is 12.7. The van der Waals surface area contributed by atoms with E-state index in [1.807, 2.05) is 0 Å². The van der Waals surface area contributed by atoms with Gasteiger partial charge < -0.3 is 14.3 Å². The van der Waals surface area contributed by atoms with Crippen LogP contribution in [0, 0.1) is 5.92 Å². The number of rotatable bonds is 1. The van der Waals surface area contributed by atoms with Gasteiger partial charge in [-0.1, -0.05) is 18.0 Å². The first kappa shape index (κ1) is 12.2. The lowest BCUT2D eigenvalue weighted by molar-refractivity contribution is -0.199. The Bertz CT molecular complexity index is 376. The van der Waals surface area contributed by atoms with Crippen LogP contribution < -0.4 is 0 Å². The van der Waals surface area contributed by atoms with Crippen molar-refractivity contribution in [1.29, 1.82) is 0 Å². The Hall–Kier alpha value is -0.610.